The van der Waals surface area contributed by atoms with E-state index in [1.54, 1.807) is 24.6 Å². The van der Waals surface area contributed by atoms with Crippen molar-refractivity contribution in [1.29, 1.82) is 0 Å². The second kappa shape index (κ2) is 4.45. The number of amides is 1. The molecule has 2 aromatic rings. The number of rotatable bonds is 4. The normalized spacial score (nSPS) is 10.1. The molecule has 0 bridgehead atoms. The molecule has 1 amide bonds. The highest BCUT2D eigenvalue weighted by molar-refractivity contribution is 5.77. The molecule has 0 fully saturated rings. The Labute approximate surface area is 86.5 Å². The minimum Gasteiger partial charge on any atom is -0.467 e. The van der Waals surface area contributed by atoms with Crippen LogP contribution in [0.5, 0.6) is 0 Å². The van der Waals surface area contributed by atoms with E-state index in [-0.39, 0.29) is 5.91 Å². The zero-order valence-corrected chi connectivity index (χ0v) is 8.06. The average Bonchev–Trinajstić information content (AvgIpc) is 2.86. The molecule has 0 saturated carbocycles. The number of hydrogen-bond acceptors (Lipinski definition) is 3. The fraction of sp³-hybridized carbons (Fsp3) is 0.200. The van der Waals surface area contributed by atoms with Crippen LogP contribution >= 0.6 is 0 Å². The lowest BCUT2D eigenvalue weighted by Crippen LogP contribution is -2.24. The molecular weight excluding hydrogens is 194 g/mol. The Hall–Kier alpha value is -2.04. The van der Waals surface area contributed by atoms with Gasteiger partial charge in [-0.3, -0.25) is 9.89 Å². The van der Waals surface area contributed by atoms with Crippen molar-refractivity contribution >= 4 is 5.91 Å². The Morgan fingerprint density at radius 2 is 2.47 bits per heavy atom. The maximum Gasteiger partial charge on any atom is 0.226 e. The summed E-state index contributed by atoms with van der Waals surface area (Å²) in [6.45, 7) is 0.417. The summed E-state index contributed by atoms with van der Waals surface area (Å²) in [6.07, 6.45) is 3.51. The molecule has 0 unspecified atom stereocenters. The Kier molecular flexibility index (Phi) is 2.82. The summed E-state index contributed by atoms with van der Waals surface area (Å²) in [4.78, 5) is 11.4. The van der Waals surface area contributed by atoms with E-state index in [1.807, 2.05) is 6.07 Å². The molecule has 0 aliphatic heterocycles. The molecule has 2 rings (SSSR count). The van der Waals surface area contributed by atoms with Crippen molar-refractivity contribution in [2.45, 2.75) is 13.0 Å². The van der Waals surface area contributed by atoms with E-state index in [2.05, 4.69) is 15.5 Å². The first kappa shape index (κ1) is 9.51. The summed E-state index contributed by atoms with van der Waals surface area (Å²) in [5.41, 5.74) is 0.798. The lowest BCUT2D eigenvalue weighted by molar-refractivity contribution is -0.120. The van der Waals surface area contributed by atoms with Crippen molar-refractivity contribution in [2.75, 3.05) is 0 Å². The van der Waals surface area contributed by atoms with Crippen LogP contribution in [0.3, 0.4) is 0 Å². The van der Waals surface area contributed by atoms with Gasteiger partial charge in [-0.05, 0) is 18.2 Å². The highest BCUT2D eigenvalue weighted by Crippen LogP contribution is 1.99. The molecule has 0 aliphatic rings. The van der Waals surface area contributed by atoms with E-state index in [4.69, 9.17) is 4.42 Å². The summed E-state index contributed by atoms with van der Waals surface area (Å²) in [5.74, 6) is 0.684. The van der Waals surface area contributed by atoms with Crippen LogP contribution < -0.4 is 5.32 Å². The molecule has 0 spiro atoms. The van der Waals surface area contributed by atoms with Crippen molar-refractivity contribution in [3.8, 4) is 0 Å². The number of carbonyl (C=O) groups is 1. The number of nitrogens with zero attached hydrogens (tertiary/aromatic N) is 1. The van der Waals surface area contributed by atoms with Gasteiger partial charge in [-0.25, -0.2) is 0 Å². The van der Waals surface area contributed by atoms with Crippen LogP contribution in [0.4, 0.5) is 0 Å². The molecule has 0 aromatic carbocycles. The molecule has 5 heteroatoms. The van der Waals surface area contributed by atoms with Gasteiger partial charge in [0.1, 0.15) is 5.76 Å². The quantitative estimate of drug-likeness (QED) is 0.777. The second-order valence-corrected chi connectivity index (χ2v) is 3.11. The maximum atomic E-state index is 11.4. The number of H-pyrrole nitrogens is 1. The predicted molar refractivity (Wildman–Crippen MR) is 52.8 cm³/mol. The Morgan fingerprint density at radius 1 is 1.53 bits per heavy atom. The highest BCUT2D eigenvalue weighted by Gasteiger charge is 2.04. The fourth-order valence-electron chi connectivity index (χ4n) is 1.22. The van der Waals surface area contributed by atoms with E-state index in [0.29, 0.717) is 13.0 Å². The third-order valence-corrected chi connectivity index (χ3v) is 1.95. The van der Waals surface area contributed by atoms with Gasteiger partial charge < -0.3 is 9.73 Å². The van der Waals surface area contributed by atoms with Gasteiger partial charge in [0.15, 0.2) is 0 Å². The smallest absolute Gasteiger partial charge is 0.226 e. The van der Waals surface area contributed by atoms with Gasteiger partial charge in [-0.15, -0.1) is 0 Å². The average molecular weight is 205 g/mol. The summed E-state index contributed by atoms with van der Waals surface area (Å²) in [7, 11) is 0. The van der Waals surface area contributed by atoms with Gasteiger partial charge in [0.2, 0.25) is 5.91 Å². The number of furan rings is 1. The van der Waals surface area contributed by atoms with Crippen LogP contribution in [0.25, 0.3) is 0 Å². The Bertz CT molecular complexity index is 406. The first-order valence-corrected chi connectivity index (χ1v) is 4.62. The molecule has 2 N–H and O–H groups in total. The van der Waals surface area contributed by atoms with Crippen molar-refractivity contribution in [3.05, 3.63) is 42.1 Å². The first-order chi connectivity index (χ1) is 7.34. The number of aromatic nitrogens is 2. The van der Waals surface area contributed by atoms with Gasteiger partial charge in [0, 0.05) is 11.9 Å². The predicted octanol–water partition coefficient (Wildman–Crippen LogP) is 0.862. The summed E-state index contributed by atoms with van der Waals surface area (Å²) < 4.78 is 5.08. The Balaban J connectivity index is 1.78. The zero-order chi connectivity index (χ0) is 10.5. The molecule has 5 nitrogen and oxygen atoms in total. The summed E-state index contributed by atoms with van der Waals surface area (Å²) >= 11 is 0. The molecule has 0 aliphatic carbocycles. The monoisotopic (exact) mass is 205 g/mol. The number of nitrogens with one attached hydrogen (secondary N) is 2. The number of aromatic amines is 1. The van der Waals surface area contributed by atoms with Crippen molar-refractivity contribution < 1.29 is 9.21 Å². The summed E-state index contributed by atoms with van der Waals surface area (Å²) in [5, 5.41) is 9.23. The standard InChI is InChI=1S/C10H11N3O2/c14-10(6-8-3-4-12-13-8)11-7-9-2-1-5-15-9/h1-5H,6-7H2,(H,11,14)(H,12,13). The zero-order valence-electron chi connectivity index (χ0n) is 8.06. The second-order valence-electron chi connectivity index (χ2n) is 3.11. The van der Waals surface area contributed by atoms with Crippen LogP contribution in [-0.4, -0.2) is 16.1 Å². The Morgan fingerprint density at radius 3 is 3.13 bits per heavy atom. The highest BCUT2D eigenvalue weighted by atomic mass is 16.3. The van der Waals surface area contributed by atoms with Crippen molar-refractivity contribution in [2.24, 2.45) is 0 Å². The fourth-order valence-corrected chi connectivity index (χ4v) is 1.22. The molecule has 0 radical (unpaired) electrons. The van der Waals surface area contributed by atoms with Crippen molar-refractivity contribution in [1.82, 2.24) is 15.5 Å². The first-order valence-electron chi connectivity index (χ1n) is 4.62. The molecule has 78 valence electrons. The van der Waals surface area contributed by atoms with E-state index in [1.165, 1.54) is 0 Å². The van der Waals surface area contributed by atoms with Crippen molar-refractivity contribution in [3.63, 3.8) is 0 Å². The molecule has 0 saturated heterocycles. The topological polar surface area (TPSA) is 70.9 Å². The lowest BCUT2D eigenvalue weighted by atomic mass is 10.3. The van der Waals surface area contributed by atoms with Crippen LogP contribution in [0.2, 0.25) is 0 Å². The molecule has 0 atom stereocenters. The van der Waals surface area contributed by atoms with E-state index in [0.717, 1.165) is 11.5 Å². The third-order valence-electron chi connectivity index (χ3n) is 1.95. The van der Waals surface area contributed by atoms with Gasteiger partial charge in [-0.1, -0.05) is 0 Å². The van der Waals surface area contributed by atoms with Gasteiger partial charge in [-0.2, -0.15) is 5.10 Å². The van der Waals surface area contributed by atoms with Crippen LogP contribution in [-0.2, 0) is 17.8 Å². The van der Waals surface area contributed by atoms with Gasteiger partial charge >= 0.3 is 0 Å². The van der Waals surface area contributed by atoms with E-state index < -0.39 is 0 Å². The molecular formula is C10H11N3O2. The minimum atomic E-state index is -0.0596. The van der Waals surface area contributed by atoms with E-state index >= 15 is 0 Å². The molecule has 2 aromatic heterocycles. The maximum absolute atomic E-state index is 11.4. The van der Waals surface area contributed by atoms with E-state index in [9.17, 15) is 4.79 Å². The lowest BCUT2D eigenvalue weighted by Gasteiger charge is -2.01. The number of hydrogen-bond donors (Lipinski definition) is 2. The van der Waals surface area contributed by atoms with Gasteiger partial charge in [0.25, 0.3) is 0 Å². The molecule has 15 heavy (non-hydrogen) atoms. The number of carbonyl (C=O) groups excluding carboxylic acids is 1. The summed E-state index contributed by atoms with van der Waals surface area (Å²) in [6, 6.07) is 5.37. The third kappa shape index (κ3) is 2.70. The van der Waals surface area contributed by atoms with Crippen LogP contribution in [0, 0.1) is 0 Å². The van der Waals surface area contributed by atoms with Crippen LogP contribution in [0.1, 0.15) is 11.5 Å². The van der Waals surface area contributed by atoms with Crippen LogP contribution in [0.15, 0.2) is 35.1 Å². The SMILES string of the molecule is O=C(Cc1ccn[nH]1)NCc1ccco1. The largest absolute Gasteiger partial charge is 0.467 e. The molecule has 2 heterocycles. The van der Waals surface area contributed by atoms with Gasteiger partial charge in [0.05, 0.1) is 19.2 Å². The minimum absolute atomic E-state index is 0.0596.